The van der Waals surface area contributed by atoms with Crippen molar-refractivity contribution in [1.29, 1.82) is 0 Å². The summed E-state index contributed by atoms with van der Waals surface area (Å²) in [6.45, 7) is 0. The molecule has 0 radical (unpaired) electrons. The van der Waals surface area contributed by atoms with E-state index in [1.807, 2.05) is 30.3 Å². The normalized spacial score (nSPS) is 10.8. The lowest BCUT2D eigenvalue weighted by Gasteiger charge is -2.04. The minimum Gasteiger partial charge on any atom is -0.399 e. The Kier molecular flexibility index (Phi) is 1.90. The Morgan fingerprint density at radius 3 is 2.69 bits per heavy atom. The molecule has 3 N–H and O–H groups in total. The number of H-pyrrole nitrogens is 1. The minimum absolute atomic E-state index is 0.735. The van der Waals surface area contributed by atoms with E-state index in [4.69, 9.17) is 5.73 Å². The molecule has 0 unspecified atom stereocenters. The van der Waals surface area contributed by atoms with Gasteiger partial charge in [0.2, 0.25) is 0 Å². The van der Waals surface area contributed by atoms with Crippen molar-refractivity contribution in [2.24, 2.45) is 0 Å². The Bertz CT molecular complexity index is 626. The van der Waals surface area contributed by atoms with E-state index in [2.05, 4.69) is 22.1 Å². The van der Waals surface area contributed by atoms with Crippen LogP contribution in [0.3, 0.4) is 0 Å². The number of nitrogens with one attached hydrogen (secondary N) is 1. The van der Waals surface area contributed by atoms with E-state index in [1.165, 1.54) is 0 Å². The van der Waals surface area contributed by atoms with E-state index in [0.717, 1.165) is 27.8 Å². The average Bonchev–Trinajstić information content (AvgIpc) is 2.77. The molecule has 3 heteroatoms. The standard InChI is InChI=1S/C13H11N3/c14-10-6-11(9-4-2-1-3-5-9)13-12(7-10)15-8-16-13/h1-8H,14H2,(H,15,16). The zero-order valence-corrected chi connectivity index (χ0v) is 8.64. The molecule has 0 bridgehead atoms. The van der Waals surface area contributed by atoms with Crippen molar-refractivity contribution in [3.63, 3.8) is 0 Å². The fourth-order valence-corrected chi connectivity index (χ4v) is 1.91. The number of aromatic amines is 1. The van der Waals surface area contributed by atoms with Gasteiger partial charge in [-0.15, -0.1) is 0 Å². The number of nitrogens with zero attached hydrogens (tertiary/aromatic N) is 1. The highest BCUT2D eigenvalue weighted by Gasteiger charge is 2.06. The highest BCUT2D eigenvalue weighted by atomic mass is 14.9. The van der Waals surface area contributed by atoms with Gasteiger partial charge in [-0.2, -0.15) is 0 Å². The van der Waals surface area contributed by atoms with E-state index in [-0.39, 0.29) is 0 Å². The number of nitrogens with two attached hydrogens (primary N) is 1. The van der Waals surface area contributed by atoms with Crippen LogP contribution >= 0.6 is 0 Å². The molecule has 0 aliphatic rings. The van der Waals surface area contributed by atoms with Gasteiger partial charge in [-0.05, 0) is 17.7 Å². The van der Waals surface area contributed by atoms with Gasteiger partial charge < -0.3 is 10.7 Å². The zero-order chi connectivity index (χ0) is 11.0. The van der Waals surface area contributed by atoms with Gasteiger partial charge in [0.05, 0.1) is 17.4 Å². The van der Waals surface area contributed by atoms with E-state index in [1.54, 1.807) is 6.33 Å². The fourth-order valence-electron chi connectivity index (χ4n) is 1.91. The quantitative estimate of drug-likeness (QED) is 0.605. The third-order valence-electron chi connectivity index (χ3n) is 2.64. The molecule has 0 aliphatic heterocycles. The Morgan fingerprint density at radius 1 is 1.06 bits per heavy atom. The summed E-state index contributed by atoms with van der Waals surface area (Å²) in [6.07, 6.45) is 1.69. The molecule has 0 fully saturated rings. The van der Waals surface area contributed by atoms with Crippen LogP contribution in [0.2, 0.25) is 0 Å². The molecule has 0 spiro atoms. The van der Waals surface area contributed by atoms with Crippen LogP contribution in [0.25, 0.3) is 22.2 Å². The molecule has 3 rings (SSSR count). The molecule has 78 valence electrons. The summed E-state index contributed by atoms with van der Waals surface area (Å²) in [6, 6.07) is 14.0. The van der Waals surface area contributed by atoms with Gasteiger partial charge in [0.25, 0.3) is 0 Å². The number of nitrogen functional groups attached to an aromatic ring is 1. The number of hydrogen-bond donors (Lipinski definition) is 2. The first-order valence-corrected chi connectivity index (χ1v) is 5.12. The van der Waals surface area contributed by atoms with Gasteiger partial charge in [0, 0.05) is 11.3 Å². The van der Waals surface area contributed by atoms with Gasteiger partial charge in [-0.1, -0.05) is 30.3 Å². The molecule has 0 amide bonds. The lowest BCUT2D eigenvalue weighted by atomic mass is 10.0. The summed E-state index contributed by atoms with van der Waals surface area (Å²) in [5.74, 6) is 0. The Labute approximate surface area is 92.9 Å². The smallest absolute Gasteiger partial charge is 0.0932 e. The maximum atomic E-state index is 5.87. The zero-order valence-electron chi connectivity index (χ0n) is 8.64. The summed E-state index contributed by atoms with van der Waals surface area (Å²) in [4.78, 5) is 7.38. The number of imidazole rings is 1. The summed E-state index contributed by atoms with van der Waals surface area (Å²) in [5.41, 5.74) is 10.8. The van der Waals surface area contributed by atoms with Gasteiger partial charge in [-0.3, -0.25) is 0 Å². The van der Waals surface area contributed by atoms with Crippen LogP contribution in [-0.2, 0) is 0 Å². The number of aromatic nitrogens is 2. The second-order valence-electron chi connectivity index (χ2n) is 3.73. The molecule has 1 aromatic heterocycles. The topological polar surface area (TPSA) is 54.7 Å². The maximum Gasteiger partial charge on any atom is 0.0932 e. The van der Waals surface area contributed by atoms with Crippen LogP contribution in [0.15, 0.2) is 48.8 Å². The first-order chi connectivity index (χ1) is 7.84. The van der Waals surface area contributed by atoms with E-state index in [0.29, 0.717) is 0 Å². The Balaban J connectivity index is 2.34. The minimum atomic E-state index is 0.735. The average molecular weight is 209 g/mol. The van der Waals surface area contributed by atoms with Gasteiger partial charge in [0.1, 0.15) is 0 Å². The number of benzene rings is 2. The van der Waals surface area contributed by atoms with Crippen molar-refractivity contribution >= 4 is 16.7 Å². The van der Waals surface area contributed by atoms with Crippen molar-refractivity contribution in [1.82, 2.24) is 9.97 Å². The first-order valence-electron chi connectivity index (χ1n) is 5.12. The highest BCUT2D eigenvalue weighted by molar-refractivity contribution is 5.94. The first kappa shape index (κ1) is 8.97. The summed E-state index contributed by atoms with van der Waals surface area (Å²) in [5, 5.41) is 0. The van der Waals surface area contributed by atoms with E-state index >= 15 is 0 Å². The molecule has 0 saturated carbocycles. The molecule has 0 atom stereocenters. The molecule has 2 aromatic carbocycles. The number of anilines is 1. The molecule has 16 heavy (non-hydrogen) atoms. The van der Waals surface area contributed by atoms with Gasteiger partial charge in [-0.25, -0.2) is 4.98 Å². The lowest BCUT2D eigenvalue weighted by Crippen LogP contribution is -1.87. The molecule has 0 aliphatic carbocycles. The molecule has 0 saturated heterocycles. The van der Waals surface area contributed by atoms with Crippen LogP contribution in [-0.4, -0.2) is 9.97 Å². The molecule has 1 heterocycles. The largest absolute Gasteiger partial charge is 0.399 e. The summed E-state index contributed by atoms with van der Waals surface area (Å²) >= 11 is 0. The van der Waals surface area contributed by atoms with Gasteiger partial charge >= 0.3 is 0 Å². The third kappa shape index (κ3) is 1.34. The monoisotopic (exact) mass is 209 g/mol. The van der Waals surface area contributed by atoms with Crippen molar-refractivity contribution < 1.29 is 0 Å². The van der Waals surface area contributed by atoms with Crippen LogP contribution < -0.4 is 5.73 Å². The SMILES string of the molecule is Nc1cc(-c2ccccc2)c2[nH]cnc2c1. The maximum absolute atomic E-state index is 5.87. The molecular weight excluding hydrogens is 198 g/mol. The van der Waals surface area contributed by atoms with Crippen molar-refractivity contribution in [2.75, 3.05) is 5.73 Å². The van der Waals surface area contributed by atoms with Crippen LogP contribution in [0.5, 0.6) is 0 Å². The number of rotatable bonds is 1. The van der Waals surface area contributed by atoms with Crippen molar-refractivity contribution in [2.45, 2.75) is 0 Å². The van der Waals surface area contributed by atoms with Gasteiger partial charge in [0.15, 0.2) is 0 Å². The summed E-state index contributed by atoms with van der Waals surface area (Å²) in [7, 11) is 0. The van der Waals surface area contributed by atoms with Crippen molar-refractivity contribution in [3.8, 4) is 11.1 Å². The molecular formula is C13H11N3. The summed E-state index contributed by atoms with van der Waals surface area (Å²) < 4.78 is 0. The second kappa shape index (κ2) is 3.38. The van der Waals surface area contributed by atoms with Crippen LogP contribution in [0.1, 0.15) is 0 Å². The highest BCUT2D eigenvalue weighted by Crippen LogP contribution is 2.28. The van der Waals surface area contributed by atoms with Crippen LogP contribution in [0.4, 0.5) is 5.69 Å². The molecule has 3 aromatic rings. The number of fused-ring (bicyclic) bond motifs is 1. The lowest BCUT2D eigenvalue weighted by molar-refractivity contribution is 1.34. The van der Waals surface area contributed by atoms with E-state index in [9.17, 15) is 0 Å². The van der Waals surface area contributed by atoms with E-state index < -0.39 is 0 Å². The predicted octanol–water partition coefficient (Wildman–Crippen LogP) is 2.81. The Morgan fingerprint density at radius 2 is 1.88 bits per heavy atom. The van der Waals surface area contributed by atoms with Crippen LogP contribution in [0, 0.1) is 0 Å². The second-order valence-corrected chi connectivity index (χ2v) is 3.73. The number of hydrogen-bond acceptors (Lipinski definition) is 2. The third-order valence-corrected chi connectivity index (χ3v) is 2.64. The predicted molar refractivity (Wildman–Crippen MR) is 65.9 cm³/mol. The fraction of sp³-hybridized carbons (Fsp3) is 0. The molecule has 3 nitrogen and oxygen atoms in total. The van der Waals surface area contributed by atoms with Crippen molar-refractivity contribution in [3.05, 3.63) is 48.8 Å². The Hall–Kier alpha value is -2.29.